The lowest BCUT2D eigenvalue weighted by atomic mass is 10.0. The number of carbonyl (C=O) groups is 2. The smallest absolute Gasteiger partial charge is 0.352 e. The summed E-state index contributed by atoms with van der Waals surface area (Å²) < 4.78 is 34.3. The predicted molar refractivity (Wildman–Crippen MR) is 139 cm³/mol. The number of carbonyl (C=O) groups excluding carboxylic acids is 2. The van der Waals surface area contributed by atoms with E-state index in [2.05, 4.69) is 26.2 Å². The molecule has 0 amide bonds. The van der Waals surface area contributed by atoms with Crippen molar-refractivity contribution in [1.29, 1.82) is 0 Å². The maximum absolute atomic E-state index is 13.2. The Hall–Kier alpha value is -2.04. The molecule has 0 spiro atoms. The van der Waals surface area contributed by atoms with Crippen LogP contribution in [-0.2, 0) is 38.0 Å². The van der Waals surface area contributed by atoms with Gasteiger partial charge in [0, 0.05) is 33.6 Å². The van der Waals surface area contributed by atoms with E-state index in [1.165, 1.54) is 6.92 Å². The highest BCUT2D eigenvalue weighted by Crippen LogP contribution is 2.30. The van der Waals surface area contributed by atoms with Gasteiger partial charge in [-0.3, -0.25) is 4.79 Å². The summed E-state index contributed by atoms with van der Waals surface area (Å²) in [6, 6.07) is 9.81. The van der Waals surface area contributed by atoms with E-state index < -0.39 is 44.1 Å². The van der Waals surface area contributed by atoms with Crippen LogP contribution in [0.1, 0.15) is 45.8 Å². The summed E-state index contributed by atoms with van der Waals surface area (Å²) in [5, 5.41) is 0. The normalized spacial score (nSPS) is 19.8. The van der Waals surface area contributed by atoms with Crippen molar-refractivity contribution in [2.75, 3.05) is 20.0 Å². The first kappa shape index (κ1) is 30.2. The zero-order valence-corrected chi connectivity index (χ0v) is 23.7. The molecule has 0 saturated carbocycles. The molecule has 1 aromatic rings. The molecular weight excluding hydrogens is 480 g/mol. The van der Waals surface area contributed by atoms with Crippen molar-refractivity contribution >= 4 is 20.0 Å². The predicted octanol–water partition coefficient (Wildman–Crippen LogP) is 5.02. The van der Waals surface area contributed by atoms with Crippen LogP contribution in [0.2, 0.25) is 25.7 Å². The summed E-state index contributed by atoms with van der Waals surface area (Å²) in [5.74, 6) is -2.08. The van der Waals surface area contributed by atoms with Gasteiger partial charge in [0.1, 0.15) is 19.0 Å². The lowest BCUT2D eigenvalue weighted by Gasteiger charge is -2.28. The van der Waals surface area contributed by atoms with Crippen molar-refractivity contribution in [3.05, 3.63) is 48.0 Å². The summed E-state index contributed by atoms with van der Waals surface area (Å²) >= 11 is 0. The molecule has 1 fully saturated rings. The van der Waals surface area contributed by atoms with Gasteiger partial charge < -0.3 is 28.4 Å². The molecular formula is C27H42O8Si. The third-order valence-corrected chi connectivity index (χ3v) is 7.45. The molecule has 1 aliphatic heterocycles. The fraction of sp³-hybridized carbons (Fsp3) is 0.630. The van der Waals surface area contributed by atoms with E-state index in [-0.39, 0.29) is 25.9 Å². The number of rotatable bonds is 14. The van der Waals surface area contributed by atoms with Gasteiger partial charge in [-0.15, -0.1) is 0 Å². The second-order valence-electron chi connectivity index (χ2n) is 10.8. The highest BCUT2D eigenvalue weighted by molar-refractivity contribution is 6.76. The van der Waals surface area contributed by atoms with Gasteiger partial charge in [-0.2, -0.15) is 0 Å². The summed E-state index contributed by atoms with van der Waals surface area (Å²) in [6.45, 7) is 18.8. The molecule has 1 aromatic carbocycles. The first-order valence-corrected chi connectivity index (χ1v) is 16.1. The average Bonchev–Trinajstić information content (AvgIpc) is 3.15. The van der Waals surface area contributed by atoms with Gasteiger partial charge in [0.15, 0.2) is 5.79 Å². The van der Waals surface area contributed by atoms with Crippen LogP contribution in [0.15, 0.2) is 42.5 Å². The third kappa shape index (κ3) is 10.5. The second kappa shape index (κ2) is 13.5. The molecule has 4 atom stereocenters. The molecule has 36 heavy (non-hydrogen) atoms. The molecule has 0 bridgehead atoms. The fourth-order valence-electron chi connectivity index (χ4n) is 3.53. The molecule has 1 heterocycles. The fourth-order valence-corrected chi connectivity index (χ4v) is 4.29. The van der Waals surface area contributed by atoms with E-state index in [0.29, 0.717) is 12.2 Å². The van der Waals surface area contributed by atoms with E-state index in [9.17, 15) is 9.59 Å². The first-order valence-electron chi connectivity index (χ1n) is 12.4. The molecule has 0 radical (unpaired) electrons. The van der Waals surface area contributed by atoms with Crippen molar-refractivity contribution in [3.63, 3.8) is 0 Å². The summed E-state index contributed by atoms with van der Waals surface area (Å²) in [7, 11) is -1.17. The number of esters is 2. The minimum absolute atomic E-state index is 0.160. The maximum atomic E-state index is 13.2. The van der Waals surface area contributed by atoms with Crippen LogP contribution in [0.4, 0.5) is 0 Å². The number of hydrogen-bond acceptors (Lipinski definition) is 8. The number of benzene rings is 1. The maximum Gasteiger partial charge on any atom is 0.352 e. The molecule has 1 aliphatic rings. The van der Waals surface area contributed by atoms with E-state index in [4.69, 9.17) is 28.4 Å². The van der Waals surface area contributed by atoms with Crippen LogP contribution in [0.3, 0.4) is 0 Å². The van der Waals surface area contributed by atoms with Gasteiger partial charge in [0.2, 0.25) is 6.10 Å². The second-order valence-corrected chi connectivity index (χ2v) is 16.4. The average molecular weight is 523 g/mol. The molecule has 202 valence electrons. The molecule has 0 aliphatic carbocycles. The molecule has 0 N–H and O–H groups in total. The van der Waals surface area contributed by atoms with Crippen LogP contribution in [0.5, 0.6) is 0 Å². The Morgan fingerprint density at radius 1 is 1.17 bits per heavy atom. The lowest BCUT2D eigenvalue weighted by Crippen LogP contribution is -2.37. The zero-order chi connectivity index (χ0) is 26.9. The molecule has 8 nitrogen and oxygen atoms in total. The Bertz CT molecular complexity index is 864. The Morgan fingerprint density at radius 3 is 2.39 bits per heavy atom. The Morgan fingerprint density at radius 2 is 1.83 bits per heavy atom. The highest BCUT2D eigenvalue weighted by atomic mass is 28.3. The standard InChI is InChI=1S/C27H42O8Si/c1-19(20(2)31-18-30-14-15-36(6,7)8)16-23(24-17-32-27(4,5)35-24)34-26(29)25(33-21(3)28)22-12-10-9-11-13-22/h9-13,20,23-25H,1,14-18H2,2-8H3/t20-,23-,24+,25-/m1/s1. The van der Waals surface area contributed by atoms with Crippen LogP contribution in [-0.4, -0.2) is 64.1 Å². The molecule has 1 saturated heterocycles. The van der Waals surface area contributed by atoms with Crippen LogP contribution in [0, 0.1) is 0 Å². The Kier molecular flexibility index (Phi) is 11.3. The van der Waals surface area contributed by atoms with Gasteiger partial charge >= 0.3 is 11.9 Å². The molecule has 2 rings (SSSR count). The van der Waals surface area contributed by atoms with Crippen LogP contribution >= 0.6 is 0 Å². The van der Waals surface area contributed by atoms with Gasteiger partial charge in [0.05, 0.1) is 12.7 Å². The summed E-state index contributed by atoms with van der Waals surface area (Å²) in [4.78, 5) is 24.9. The van der Waals surface area contributed by atoms with Crippen molar-refractivity contribution in [1.82, 2.24) is 0 Å². The van der Waals surface area contributed by atoms with Crippen molar-refractivity contribution in [3.8, 4) is 0 Å². The van der Waals surface area contributed by atoms with Gasteiger partial charge in [-0.25, -0.2) is 4.79 Å². The quantitative estimate of drug-likeness (QED) is 0.111. The third-order valence-electron chi connectivity index (χ3n) is 5.75. The SMILES string of the molecule is C=C(C[C@@H](OC(=O)[C@H](OC(C)=O)c1ccccc1)[C@@H]1COC(C)(C)O1)[C@@H](C)OCOCC[Si](C)(C)C. The molecule has 0 aromatic heterocycles. The van der Waals surface area contributed by atoms with Gasteiger partial charge in [-0.1, -0.05) is 56.6 Å². The topological polar surface area (TPSA) is 89.5 Å². The molecule has 0 unspecified atom stereocenters. The lowest BCUT2D eigenvalue weighted by molar-refractivity contribution is -0.182. The van der Waals surface area contributed by atoms with Crippen LogP contribution in [0.25, 0.3) is 0 Å². The molecule has 9 heteroatoms. The largest absolute Gasteiger partial charge is 0.456 e. The van der Waals surface area contributed by atoms with Crippen LogP contribution < -0.4 is 0 Å². The van der Waals surface area contributed by atoms with Crippen molar-refractivity contribution < 1.29 is 38.0 Å². The Labute approximate surface area is 216 Å². The van der Waals surface area contributed by atoms with Crippen molar-refractivity contribution in [2.24, 2.45) is 0 Å². The highest BCUT2D eigenvalue weighted by Gasteiger charge is 2.41. The van der Waals surface area contributed by atoms with Gasteiger partial charge in [-0.05, 0) is 32.4 Å². The zero-order valence-electron chi connectivity index (χ0n) is 22.7. The van der Waals surface area contributed by atoms with Crippen molar-refractivity contribution in [2.45, 2.75) is 90.0 Å². The van der Waals surface area contributed by atoms with Gasteiger partial charge in [0.25, 0.3) is 0 Å². The minimum atomic E-state index is -1.19. The van der Waals surface area contributed by atoms with E-state index >= 15 is 0 Å². The first-order chi connectivity index (χ1) is 16.8. The summed E-state index contributed by atoms with van der Waals surface area (Å²) in [6.07, 6.45) is -2.47. The van der Waals surface area contributed by atoms with E-state index in [1.807, 2.05) is 13.0 Å². The van der Waals surface area contributed by atoms with E-state index in [1.54, 1.807) is 38.1 Å². The minimum Gasteiger partial charge on any atom is -0.456 e. The number of hydrogen-bond donors (Lipinski definition) is 0. The number of ether oxygens (including phenoxy) is 6. The van der Waals surface area contributed by atoms with E-state index in [0.717, 1.165) is 11.6 Å². The summed E-state index contributed by atoms with van der Waals surface area (Å²) in [5.41, 5.74) is 1.24. The Balaban J connectivity index is 2.06. The monoisotopic (exact) mass is 522 g/mol.